The Morgan fingerprint density at radius 2 is 2.32 bits per heavy atom. The molecule has 2 aromatic rings. The highest BCUT2D eigenvalue weighted by Gasteiger charge is 2.18. The average molecular weight is 281 g/mol. The van der Waals surface area contributed by atoms with Gasteiger partial charge in [-0.25, -0.2) is 4.98 Å². The van der Waals surface area contributed by atoms with Crippen molar-refractivity contribution in [2.75, 3.05) is 5.32 Å². The Morgan fingerprint density at radius 3 is 2.89 bits per heavy atom. The molecule has 19 heavy (non-hydrogen) atoms. The summed E-state index contributed by atoms with van der Waals surface area (Å²) in [5.74, 6) is -2.54. The molecule has 2 heterocycles. The minimum Gasteiger partial charge on any atom is -0.549 e. The van der Waals surface area contributed by atoms with E-state index in [9.17, 15) is 14.7 Å². The molecular weight excluding hydrogens is 272 g/mol. The van der Waals surface area contributed by atoms with Gasteiger partial charge in [0.25, 0.3) is 5.91 Å². The van der Waals surface area contributed by atoms with Gasteiger partial charge in [0.2, 0.25) is 11.0 Å². The van der Waals surface area contributed by atoms with Gasteiger partial charge in [-0.2, -0.15) is 5.10 Å². The molecule has 0 fully saturated rings. The molecule has 100 valence electrons. The summed E-state index contributed by atoms with van der Waals surface area (Å²) in [6, 6.07) is 0. The zero-order chi connectivity index (χ0) is 13.8. The van der Waals surface area contributed by atoms with Crippen molar-refractivity contribution in [1.82, 2.24) is 25.4 Å². The van der Waals surface area contributed by atoms with Crippen LogP contribution in [0.3, 0.4) is 0 Å². The van der Waals surface area contributed by atoms with Crippen molar-refractivity contribution in [3.8, 4) is 0 Å². The number of hydrogen-bond donors (Lipinski definition) is 2. The number of carboxylic acids is 1. The van der Waals surface area contributed by atoms with Crippen LogP contribution in [0.2, 0.25) is 0 Å². The average Bonchev–Trinajstić information content (AvgIpc) is 3.00. The van der Waals surface area contributed by atoms with Crippen LogP contribution in [0.5, 0.6) is 0 Å². The van der Waals surface area contributed by atoms with Gasteiger partial charge in [0.1, 0.15) is 11.3 Å². The van der Waals surface area contributed by atoms with Gasteiger partial charge in [0, 0.05) is 0 Å². The summed E-state index contributed by atoms with van der Waals surface area (Å²) in [6.07, 6.45) is 1.54. The molecular formula is C9H9N6O3S-. The van der Waals surface area contributed by atoms with Crippen LogP contribution in [0.4, 0.5) is 5.13 Å². The van der Waals surface area contributed by atoms with Gasteiger partial charge in [-0.1, -0.05) is 18.3 Å². The molecule has 2 aromatic heterocycles. The van der Waals surface area contributed by atoms with Crippen LogP contribution in [0.15, 0.2) is 6.33 Å². The van der Waals surface area contributed by atoms with Gasteiger partial charge >= 0.3 is 0 Å². The molecule has 1 atom stereocenters. The standard InChI is InChI=1S/C9H10N6O3S/c1-2-4(8(17)18)7-14-15-9(19-7)12-6(16)5-10-3-11-13-5/h3-4H,2H2,1H3,(H,17,18)(H,10,11,13)(H,12,15,16)/p-1. The summed E-state index contributed by atoms with van der Waals surface area (Å²) in [5, 5.41) is 27.2. The molecule has 0 aliphatic heterocycles. The molecule has 0 aromatic carbocycles. The summed E-state index contributed by atoms with van der Waals surface area (Å²) < 4.78 is 0. The van der Waals surface area contributed by atoms with E-state index in [-0.39, 0.29) is 16.0 Å². The number of carbonyl (C=O) groups is 2. The molecule has 0 radical (unpaired) electrons. The van der Waals surface area contributed by atoms with Gasteiger partial charge in [-0.05, 0) is 6.42 Å². The minimum absolute atomic E-state index is 0.0312. The predicted octanol–water partition coefficient (Wildman–Crippen LogP) is -0.848. The number of amides is 1. The summed E-state index contributed by atoms with van der Waals surface area (Å²) in [5.41, 5.74) is 0. The van der Waals surface area contributed by atoms with Crippen molar-refractivity contribution in [3.63, 3.8) is 0 Å². The summed E-state index contributed by atoms with van der Waals surface area (Å²) in [4.78, 5) is 26.2. The number of aliphatic carboxylic acids is 1. The van der Waals surface area contributed by atoms with E-state index < -0.39 is 17.8 Å². The molecule has 0 saturated heterocycles. The maximum Gasteiger partial charge on any atom is 0.294 e. The van der Waals surface area contributed by atoms with Crippen LogP contribution in [0.1, 0.15) is 34.9 Å². The molecule has 2 rings (SSSR count). The van der Waals surface area contributed by atoms with Crippen LogP contribution < -0.4 is 10.4 Å². The zero-order valence-electron chi connectivity index (χ0n) is 9.78. The first kappa shape index (κ1) is 13.1. The molecule has 1 amide bonds. The number of aromatic nitrogens is 5. The molecule has 0 spiro atoms. The Balaban J connectivity index is 2.09. The maximum atomic E-state index is 11.6. The normalized spacial score (nSPS) is 12.1. The van der Waals surface area contributed by atoms with Crippen molar-refractivity contribution in [3.05, 3.63) is 17.2 Å². The van der Waals surface area contributed by atoms with Crippen molar-refractivity contribution in [2.45, 2.75) is 19.3 Å². The second kappa shape index (κ2) is 5.52. The summed E-state index contributed by atoms with van der Waals surface area (Å²) >= 11 is 0.982. The number of nitrogens with one attached hydrogen (secondary N) is 2. The fourth-order valence-electron chi connectivity index (χ4n) is 1.34. The number of aromatic amines is 1. The first-order valence-electron chi connectivity index (χ1n) is 5.32. The lowest BCUT2D eigenvalue weighted by Gasteiger charge is -2.10. The molecule has 9 nitrogen and oxygen atoms in total. The topological polar surface area (TPSA) is 137 Å². The first-order valence-corrected chi connectivity index (χ1v) is 6.14. The minimum atomic E-state index is -1.22. The Hall–Kier alpha value is -2.36. The molecule has 10 heteroatoms. The van der Waals surface area contributed by atoms with Crippen LogP contribution in [0, 0.1) is 0 Å². The lowest BCUT2D eigenvalue weighted by atomic mass is 10.1. The largest absolute Gasteiger partial charge is 0.549 e. The van der Waals surface area contributed by atoms with Crippen LogP contribution in [-0.4, -0.2) is 37.3 Å². The second-order valence-electron chi connectivity index (χ2n) is 3.51. The van der Waals surface area contributed by atoms with Crippen molar-refractivity contribution in [1.29, 1.82) is 0 Å². The van der Waals surface area contributed by atoms with E-state index >= 15 is 0 Å². The molecule has 0 aliphatic carbocycles. The fraction of sp³-hybridized carbons (Fsp3) is 0.333. The Morgan fingerprint density at radius 1 is 1.53 bits per heavy atom. The highest BCUT2D eigenvalue weighted by atomic mass is 32.1. The number of carbonyl (C=O) groups excluding carboxylic acids is 2. The Kier molecular flexibility index (Phi) is 3.80. The van der Waals surface area contributed by atoms with Crippen molar-refractivity contribution >= 4 is 28.3 Å². The SMILES string of the molecule is CCC(C(=O)[O-])c1nnc(NC(=O)c2ncn[nH]2)s1. The van der Waals surface area contributed by atoms with E-state index in [1.807, 2.05) is 0 Å². The molecule has 2 N–H and O–H groups in total. The zero-order valence-corrected chi connectivity index (χ0v) is 10.6. The van der Waals surface area contributed by atoms with Gasteiger partial charge in [0.05, 0.1) is 11.9 Å². The van der Waals surface area contributed by atoms with Crippen LogP contribution >= 0.6 is 11.3 Å². The summed E-state index contributed by atoms with van der Waals surface area (Å²) in [6.45, 7) is 1.70. The molecule has 0 aliphatic rings. The number of carboxylic acid groups (broad SMARTS) is 1. The van der Waals surface area contributed by atoms with E-state index in [1.54, 1.807) is 6.92 Å². The van der Waals surface area contributed by atoms with E-state index in [0.29, 0.717) is 6.42 Å². The smallest absolute Gasteiger partial charge is 0.294 e. The third-order valence-corrected chi connectivity index (χ3v) is 3.23. The number of anilines is 1. The summed E-state index contributed by atoms with van der Waals surface area (Å²) in [7, 11) is 0. The van der Waals surface area contributed by atoms with Crippen molar-refractivity contribution < 1.29 is 14.7 Å². The number of hydrogen-bond acceptors (Lipinski definition) is 8. The van der Waals surface area contributed by atoms with E-state index in [4.69, 9.17) is 0 Å². The third kappa shape index (κ3) is 2.91. The third-order valence-electron chi connectivity index (χ3n) is 2.28. The van der Waals surface area contributed by atoms with Gasteiger partial charge in [-0.15, -0.1) is 10.2 Å². The van der Waals surface area contributed by atoms with E-state index in [0.717, 1.165) is 11.3 Å². The fourth-order valence-corrected chi connectivity index (χ4v) is 2.25. The van der Waals surface area contributed by atoms with Crippen LogP contribution in [-0.2, 0) is 4.79 Å². The molecule has 0 saturated carbocycles. The highest BCUT2D eigenvalue weighted by molar-refractivity contribution is 7.15. The van der Waals surface area contributed by atoms with Gasteiger partial charge in [0.15, 0.2) is 0 Å². The maximum absolute atomic E-state index is 11.6. The monoisotopic (exact) mass is 281 g/mol. The van der Waals surface area contributed by atoms with Crippen molar-refractivity contribution in [2.24, 2.45) is 0 Å². The highest BCUT2D eigenvalue weighted by Crippen LogP contribution is 2.25. The van der Waals surface area contributed by atoms with Gasteiger partial charge < -0.3 is 9.90 Å². The quantitative estimate of drug-likeness (QED) is 0.728. The second-order valence-corrected chi connectivity index (χ2v) is 4.52. The van der Waals surface area contributed by atoms with Gasteiger partial charge in [-0.3, -0.25) is 15.2 Å². The molecule has 1 unspecified atom stereocenters. The Labute approximate surface area is 111 Å². The lowest BCUT2D eigenvalue weighted by Crippen LogP contribution is -2.29. The van der Waals surface area contributed by atoms with E-state index in [2.05, 4.69) is 30.7 Å². The van der Waals surface area contributed by atoms with Crippen LogP contribution in [0.25, 0.3) is 0 Å². The predicted molar refractivity (Wildman–Crippen MR) is 62.3 cm³/mol. The Bertz CT molecular complexity index is 581. The number of rotatable bonds is 5. The molecule has 0 bridgehead atoms. The lowest BCUT2D eigenvalue weighted by molar-refractivity contribution is -0.308. The number of nitrogens with zero attached hydrogens (tertiary/aromatic N) is 4. The number of H-pyrrole nitrogens is 1. The van der Waals surface area contributed by atoms with E-state index in [1.165, 1.54) is 6.33 Å². The first-order chi connectivity index (χ1) is 9.11.